The van der Waals surface area contributed by atoms with Gasteiger partial charge in [0, 0.05) is 5.39 Å². The lowest BCUT2D eigenvalue weighted by molar-refractivity contribution is -0.658. The Labute approximate surface area is 166 Å². The van der Waals surface area contributed by atoms with Crippen LogP contribution in [0, 0.1) is 34.6 Å². The second kappa shape index (κ2) is 6.79. The summed E-state index contributed by atoms with van der Waals surface area (Å²) >= 11 is 0. The first-order valence-electron chi connectivity index (χ1n) is 9.54. The molecular weight excluding hydrogens is 344 g/mol. The van der Waals surface area contributed by atoms with E-state index < -0.39 is 0 Å². The molecule has 0 N–H and O–H groups in total. The molecule has 140 valence electrons. The third-order valence-corrected chi connectivity index (χ3v) is 5.31. The summed E-state index contributed by atoms with van der Waals surface area (Å²) in [7, 11) is 2.10. The number of hydrogen-bond donors (Lipinski definition) is 0. The summed E-state index contributed by atoms with van der Waals surface area (Å²) in [6.45, 7) is 10.4. The molecule has 4 heteroatoms. The number of aryl methyl sites for hydroxylation is 5. The number of hydrogen-bond acceptors (Lipinski definition) is 3. The standard InChI is InChI=1S/C24H25N4/c1-14-11-15(2)16(3)21(12-14)23-20-10-8-7-9-19(20)22(13-28(23)6)24-26-17(4)25-18(5)27-24/h7-13H,1-6H3/q+1. The minimum atomic E-state index is 0.723. The van der Waals surface area contributed by atoms with Gasteiger partial charge in [-0.15, -0.1) is 0 Å². The first-order chi connectivity index (χ1) is 13.3. The van der Waals surface area contributed by atoms with Gasteiger partial charge in [0.25, 0.3) is 0 Å². The molecule has 0 aliphatic carbocycles. The monoisotopic (exact) mass is 369 g/mol. The third kappa shape index (κ3) is 3.05. The van der Waals surface area contributed by atoms with Crippen molar-refractivity contribution in [2.75, 3.05) is 0 Å². The maximum atomic E-state index is 4.61. The maximum Gasteiger partial charge on any atom is 0.220 e. The predicted octanol–water partition coefficient (Wildman–Crippen LogP) is 4.73. The molecular formula is C24H25N4+. The number of pyridine rings is 1. The van der Waals surface area contributed by atoms with Gasteiger partial charge in [-0.05, 0) is 57.9 Å². The summed E-state index contributed by atoms with van der Waals surface area (Å²) in [5.74, 6) is 2.20. The van der Waals surface area contributed by atoms with Crippen molar-refractivity contribution in [2.45, 2.75) is 34.6 Å². The van der Waals surface area contributed by atoms with Crippen LogP contribution in [0.4, 0.5) is 0 Å². The van der Waals surface area contributed by atoms with Gasteiger partial charge in [-0.25, -0.2) is 15.0 Å². The molecule has 2 aromatic heterocycles. The molecule has 0 fully saturated rings. The number of nitrogens with zero attached hydrogens (tertiary/aromatic N) is 4. The average Bonchev–Trinajstić information content (AvgIpc) is 2.63. The Bertz CT molecular complexity index is 1200. The molecule has 4 rings (SSSR count). The Balaban J connectivity index is 2.09. The normalized spacial score (nSPS) is 11.2. The second-order valence-electron chi connectivity index (χ2n) is 7.56. The van der Waals surface area contributed by atoms with Gasteiger partial charge >= 0.3 is 0 Å². The van der Waals surface area contributed by atoms with Gasteiger partial charge in [0.05, 0.1) is 16.5 Å². The molecule has 2 heterocycles. The van der Waals surface area contributed by atoms with Crippen molar-refractivity contribution in [3.8, 4) is 22.6 Å². The molecule has 0 atom stereocenters. The van der Waals surface area contributed by atoms with E-state index in [-0.39, 0.29) is 0 Å². The zero-order valence-corrected chi connectivity index (χ0v) is 17.3. The summed E-state index contributed by atoms with van der Waals surface area (Å²) in [5, 5.41) is 2.35. The quantitative estimate of drug-likeness (QED) is 0.480. The van der Waals surface area contributed by atoms with E-state index in [0.717, 1.165) is 28.4 Å². The predicted molar refractivity (Wildman–Crippen MR) is 113 cm³/mol. The van der Waals surface area contributed by atoms with Crippen LogP contribution in [0.15, 0.2) is 42.6 Å². The molecule has 4 nitrogen and oxygen atoms in total. The minimum Gasteiger partial charge on any atom is -0.219 e. The Hall–Kier alpha value is -3.14. The largest absolute Gasteiger partial charge is 0.220 e. The van der Waals surface area contributed by atoms with Crippen molar-refractivity contribution < 1.29 is 4.57 Å². The Morgan fingerprint density at radius 2 is 1.39 bits per heavy atom. The van der Waals surface area contributed by atoms with E-state index in [4.69, 9.17) is 0 Å². The van der Waals surface area contributed by atoms with Crippen LogP contribution in [0.1, 0.15) is 28.3 Å². The van der Waals surface area contributed by atoms with E-state index in [1.165, 1.54) is 33.3 Å². The van der Waals surface area contributed by atoms with Crippen molar-refractivity contribution in [1.82, 2.24) is 15.0 Å². The van der Waals surface area contributed by atoms with E-state index >= 15 is 0 Å². The second-order valence-corrected chi connectivity index (χ2v) is 7.56. The van der Waals surface area contributed by atoms with E-state index in [1.807, 2.05) is 13.8 Å². The molecule has 0 saturated heterocycles. The Morgan fingerprint density at radius 3 is 2.07 bits per heavy atom. The molecule has 0 saturated carbocycles. The minimum absolute atomic E-state index is 0.723. The lowest BCUT2D eigenvalue weighted by atomic mass is 9.93. The average molecular weight is 369 g/mol. The maximum absolute atomic E-state index is 4.61. The topological polar surface area (TPSA) is 42.6 Å². The van der Waals surface area contributed by atoms with Crippen LogP contribution < -0.4 is 4.57 Å². The molecule has 0 spiro atoms. The van der Waals surface area contributed by atoms with E-state index in [1.54, 1.807) is 0 Å². The van der Waals surface area contributed by atoms with E-state index in [2.05, 4.69) is 89.9 Å². The third-order valence-electron chi connectivity index (χ3n) is 5.31. The van der Waals surface area contributed by atoms with E-state index in [0.29, 0.717) is 0 Å². The van der Waals surface area contributed by atoms with Gasteiger partial charge in [-0.3, -0.25) is 0 Å². The smallest absolute Gasteiger partial charge is 0.219 e. The fourth-order valence-electron chi connectivity index (χ4n) is 3.98. The van der Waals surface area contributed by atoms with Crippen LogP contribution in [0.25, 0.3) is 33.4 Å². The molecule has 0 radical (unpaired) electrons. The Kier molecular flexibility index (Phi) is 4.42. The summed E-state index contributed by atoms with van der Waals surface area (Å²) in [4.78, 5) is 13.5. The summed E-state index contributed by atoms with van der Waals surface area (Å²) in [6.07, 6.45) is 2.14. The molecule has 0 bridgehead atoms. The SMILES string of the molecule is Cc1cc(C)c(C)c(-c2c3ccccc3c(-c3nc(C)nc(C)n3)c[n+]2C)c1. The number of aromatic nitrogens is 4. The van der Waals surface area contributed by atoms with Crippen LogP contribution in [0.5, 0.6) is 0 Å². The molecule has 28 heavy (non-hydrogen) atoms. The van der Waals surface area contributed by atoms with E-state index in [9.17, 15) is 0 Å². The van der Waals surface area contributed by atoms with Crippen molar-refractivity contribution in [3.05, 3.63) is 70.9 Å². The van der Waals surface area contributed by atoms with Gasteiger partial charge in [-0.2, -0.15) is 4.57 Å². The van der Waals surface area contributed by atoms with Crippen molar-refractivity contribution in [1.29, 1.82) is 0 Å². The van der Waals surface area contributed by atoms with Gasteiger partial charge in [0.15, 0.2) is 12.0 Å². The number of fused-ring (bicyclic) bond motifs is 1. The fraction of sp³-hybridized carbons (Fsp3) is 0.250. The van der Waals surface area contributed by atoms with Crippen LogP contribution in [-0.2, 0) is 7.05 Å². The highest BCUT2D eigenvalue weighted by Crippen LogP contribution is 2.34. The molecule has 4 aromatic rings. The van der Waals surface area contributed by atoms with Gasteiger partial charge in [-0.1, -0.05) is 29.8 Å². The first-order valence-corrected chi connectivity index (χ1v) is 9.54. The van der Waals surface area contributed by atoms with Crippen LogP contribution in [0.3, 0.4) is 0 Å². The first kappa shape index (κ1) is 18.2. The fourth-order valence-corrected chi connectivity index (χ4v) is 3.98. The van der Waals surface area contributed by atoms with Crippen LogP contribution in [-0.4, -0.2) is 15.0 Å². The molecule has 0 aliphatic heterocycles. The zero-order chi connectivity index (χ0) is 20.0. The number of benzene rings is 2. The lowest BCUT2D eigenvalue weighted by Crippen LogP contribution is -2.31. The van der Waals surface area contributed by atoms with Crippen LogP contribution in [0.2, 0.25) is 0 Å². The van der Waals surface area contributed by atoms with Crippen molar-refractivity contribution in [2.24, 2.45) is 7.05 Å². The molecule has 2 aromatic carbocycles. The number of rotatable bonds is 2. The van der Waals surface area contributed by atoms with Gasteiger partial charge < -0.3 is 0 Å². The highest BCUT2D eigenvalue weighted by Gasteiger charge is 2.22. The molecule has 0 unspecified atom stereocenters. The van der Waals surface area contributed by atoms with Crippen LogP contribution >= 0.6 is 0 Å². The molecule has 0 aliphatic rings. The summed E-state index contributed by atoms with van der Waals surface area (Å²) < 4.78 is 2.20. The summed E-state index contributed by atoms with van der Waals surface area (Å²) in [6, 6.07) is 13.0. The van der Waals surface area contributed by atoms with Gasteiger partial charge in [0.1, 0.15) is 18.7 Å². The highest BCUT2D eigenvalue weighted by molar-refractivity contribution is 6.01. The van der Waals surface area contributed by atoms with Gasteiger partial charge in [0.2, 0.25) is 5.69 Å². The highest BCUT2D eigenvalue weighted by atomic mass is 15.0. The zero-order valence-electron chi connectivity index (χ0n) is 17.3. The molecule has 0 amide bonds. The van der Waals surface area contributed by atoms with Crippen molar-refractivity contribution in [3.63, 3.8) is 0 Å². The van der Waals surface area contributed by atoms with Crippen molar-refractivity contribution >= 4 is 10.8 Å². The lowest BCUT2D eigenvalue weighted by Gasteiger charge is -2.13. The summed E-state index contributed by atoms with van der Waals surface area (Å²) in [5.41, 5.74) is 7.40. The Morgan fingerprint density at radius 1 is 0.750 bits per heavy atom.